The predicted molar refractivity (Wildman–Crippen MR) is 78.5 cm³/mol. The summed E-state index contributed by atoms with van der Waals surface area (Å²) in [4.78, 5) is 11.8. The van der Waals surface area contributed by atoms with E-state index in [1.54, 1.807) is 0 Å². The normalized spacial score (nSPS) is 12.3. The van der Waals surface area contributed by atoms with Crippen LogP contribution in [0.4, 0.5) is 5.69 Å². The van der Waals surface area contributed by atoms with Gasteiger partial charge in [-0.25, -0.2) is 0 Å². The third kappa shape index (κ3) is 4.91. The van der Waals surface area contributed by atoms with Gasteiger partial charge >= 0.3 is 0 Å². The Kier molecular flexibility index (Phi) is 5.83. The van der Waals surface area contributed by atoms with Crippen LogP contribution in [0, 0.1) is 6.92 Å². The molecule has 1 aromatic rings. The van der Waals surface area contributed by atoms with Gasteiger partial charge in [0, 0.05) is 5.69 Å². The molecule has 0 aliphatic heterocycles. The van der Waals surface area contributed by atoms with Crippen LogP contribution in [0.2, 0.25) is 0 Å². The van der Waals surface area contributed by atoms with Crippen LogP contribution in [0.5, 0.6) is 5.75 Å². The Morgan fingerprint density at radius 2 is 2.11 bits per heavy atom. The Balaban J connectivity index is 2.72. The van der Waals surface area contributed by atoms with Gasteiger partial charge in [-0.2, -0.15) is 0 Å². The van der Waals surface area contributed by atoms with Crippen LogP contribution in [-0.2, 0) is 4.79 Å². The monoisotopic (exact) mass is 264 g/mol. The highest BCUT2D eigenvalue weighted by atomic mass is 16.5. The summed E-state index contributed by atoms with van der Waals surface area (Å²) in [5, 5.41) is 2.86. The van der Waals surface area contributed by atoms with Crippen molar-refractivity contribution in [1.29, 1.82) is 0 Å². The molecule has 0 bridgehead atoms. The molecule has 4 heteroatoms. The van der Waals surface area contributed by atoms with E-state index in [1.807, 2.05) is 45.9 Å². The number of carbonyl (C=O) groups excluding carboxylic acids is 1. The van der Waals surface area contributed by atoms with Crippen molar-refractivity contribution in [2.24, 2.45) is 5.73 Å². The molecule has 1 rings (SSSR count). The molecule has 0 fully saturated rings. The van der Waals surface area contributed by atoms with Crippen molar-refractivity contribution in [1.82, 2.24) is 0 Å². The number of hydrogen-bond acceptors (Lipinski definition) is 3. The first-order valence-electron chi connectivity index (χ1n) is 6.77. The third-order valence-electron chi connectivity index (χ3n) is 2.76. The molecule has 3 N–H and O–H groups in total. The standard InChI is InChI=1S/C15H24N2O2/c1-5-6-13(16)15(18)17-14-8-7-12(9-11(14)4)19-10(2)3/h7-10,13H,5-6,16H2,1-4H3,(H,17,18)/t13-/m0/s1. The van der Waals surface area contributed by atoms with Gasteiger partial charge < -0.3 is 15.8 Å². The summed E-state index contributed by atoms with van der Waals surface area (Å²) in [6.45, 7) is 7.91. The Morgan fingerprint density at radius 1 is 1.42 bits per heavy atom. The van der Waals surface area contributed by atoms with E-state index in [0.717, 1.165) is 23.4 Å². The Bertz CT molecular complexity index is 430. The lowest BCUT2D eigenvalue weighted by molar-refractivity contribution is -0.117. The molecule has 1 atom stereocenters. The molecule has 4 nitrogen and oxygen atoms in total. The van der Waals surface area contributed by atoms with Gasteiger partial charge in [-0.3, -0.25) is 4.79 Å². The van der Waals surface area contributed by atoms with E-state index in [-0.39, 0.29) is 12.0 Å². The molecule has 0 aliphatic rings. The van der Waals surface area contributed by atoms with E-state index >= 15 is 0 Å². The van der Waals surface area contributed by atoms with E-state index < -0.39 is 6.04 Å². The van der Waals surface area contributed by atoms with E-state index in [9.17, 15) is 4.79 Å². The molecule has 0 aliphatic carbocycles. The Labute approximate surface area is 115 Å². The van der Waals surface area contributed by atoms with Crippen molar-refractivity contribution in [2.45, 2.75) is 52.7 Å². The smallest absolute Gasteiger partial charge is 0.241 e. The van der Waals surface area contributed by atoms with Gasteiger partial charge in [0.25, 0.3) is 0 Å². The van der Waals surface area contributed by atoms with Crippen LogP contribution in [0.3, 0.4) is 0 Å². The maximum atomic E-state index is 11.8. The molecule has 0 saturated carbocycles. The number of benzene rings is 1. The molecule has 0 heterocycles. The molecule has 0 unspecified atom stereocenters. The minimum Gasteiger partial charge on any atom is -0.491 e. The van der Waals surface area contributed by atoms with Gasteiger partial charge in [-0.15, -0.1) is 0 Å². The zero-order valence-corrected chi connectivity index (χ0v) is 12.2. The number of hydrogen-bond donors (Lipinski definition) is 2. The number of amides is 1. The maximum absolute atomic E-state index is 11.8. The molecule has 19 heavy (non-hydrogen) atoms. The molecular formula is C15H24N2O2. The number of aryl methyl sites for hydroxylation is 1. The fourth-order valence-electron chi connectivity index (χ4n) is 1.79. The van der Waals surface area contributed by atoms with Gasteiger partial charge in [0.05, 0.1) is 12.1 Å². The first-order valence-corrected chi connectivity index (χ1v) is 6.77. The first kappa shape index (κ1) is 15.5. The second-order valence-corrected chi connectivity index (χ2v) is 5.03. The second-order valence-electron chi connectivity index (χ2n) is 5.03. The van der Waals surface area contributed by atoms with E-state index in [2.05, 4.69) is 5.32 Å². The predicted octanol–water partition coefficient (Wildman–Crippen LogP) is 2.85. The number of rotatable bonds is 6. The van der Waals surface area contributed by atoms with Gasteiger partial charge in [0.2, 0.25) is 5.91 Å². The highest BCUT2D eigenvalue weighted by Crippen LogP contribution is 2.22. The second kappa shape index (κ2) is 7.14. The zero-order valence-electron chi connectivity index (χ0n) is 12.2. The third-order valence-corrected chi connectivity index (χ3v) is 2.76. The highest BCUT2D eigenvalue weighted by Gasteiger charge is 2.13. The van der Waals surface area contributed by atoms with Crippen molar-refractivity contribution in [2.75, 3.05) is 5.32 Å². The van der Waals surface area contributed by atoms with Crippen LogP contribution < -0.4 is 15.8 Å². The van der Waals surface area contributed by atoms with Crippen LogP contribution in [0.1, 0.15) is 39.2 Å². The largest absolute Gasteiger partial charge is 0.491 e. The lowest BCUT2D eigenvalue weighted by Gasteiger charge is -2.15. The van der Waals surface area contributed by atoms with Crippen LogP contribution >= 0.6 is 0 Å². The van der Waals surface area contributed by atoms with E-state index in [4.69, 9.17) is 10.5 Å². The average molecular weight is 264 g/mol. The molecule has 1 aromatic carbocycles. The molecule has 0 spiro atoms. The fraction of sp³-hybridized carbons (Fsp3) is 0.533. The van der Waals surface area contributed by atoms with Gasteiger partial charge in [0.15, 0.2) is 0 Å². The summed E-state index contributed by atoms with van der Waals surface area (Å²) in [5.41, 5.74) is 7.54. The van der Waals surface area contributed by atoms with Gasteiger partial charge in [0.1, 0.15) is 5.75 Å². The molecule has 1 amide bonds. The van der Waals surface area contributed by atoms with Crippen LogP contribution in [0.15, 0.2) is 18.2 Å². The first-order chi connectivity index (χ1) is 8.93. The quantitative estimate of drug-likeness (QED) is 0.830. The minimum absolute atomic E-state index is 0.137. The van der Waals surface area contributed by atoms with Crippen molar-refractivity contribution < 1.29 is 9.53 Å². The van der Waals surface area contributed by atoms with Crippen molar-refractivity contribution in [3.63, 3.8) is 0 Å². The van der Waals surface area contributed by atoms with E-state index in [0.29, 0.717) is 6.42 Å². The number of ether oxygens (including phenoxy) is 1. The summed E-state index contributed by atoms with van der Waals surface area (Å²) in [7, 11) is 0. The summed E-state index contributed by atoms with van der Waals surface area (Å²) in [6, 6.07) is 5.18. The highest BCUT2D eigenvalue weighted by molar-refractivity contribution is 5.95. The summed E-state index contributed by atoms with van der Waals surface area (Å²) < 4.78 is 5.60. The van der Waals surface area contributed by atoms with Crippen molar-refractivity contribution in [3.8, 4) is 5.75 Å². The molecule has 106 valence electrons. The topological polar surface area (TPSA) is 64.4 Å². The number of anilines is 1. The number of nitrogens with two attached hydrogens (primary N) is 1. The van der Waals surface area contributed by atoms with Crippen molar-refractivity contribution in [3.05, 3.63) is 23.8 Å². The number of carbonyl (C=O) groups is 1. The lowest BCUT2D eigenvalue weighted by atomic mass is 10.1. The SMILES string of the molecule is CCC[C@H](N)C(=O)Nc1ccc(OC(C)C)cc1C. The Morgan fingerprint density at radius 3 is 2.63 bits per heavy atom. The Hall–Kier alpha value is -1.55. The van der Waals surface area contributed by atoms with Crippen LogP contribution in [0.25, 0.3) is 0 Å². The van der Waals surface area contributed by atoms with E-state index in [1.165, 1.54) is 0 Å². The lowest BCUT2D eigenvalue weighted by Crippen LogP contribution is -2.35. The summed E-state index contributed by atoms with van der Waals surface area (Å²) >= 11 is 0. The molecule has 0 saturated heterocycles. The van der Waals surface area contributed by atoms with Crippen LogP contribution in [-0.4, -0.2) is 18.1 Å². The minimum atomic E-state index is -0.448. The summed E-state index contributed by atoms with van der Waals surface area (Å²) in [6.07, 6.45) is 1.73. The fourth-order valence-corrected chi connectivity index (χ4v) is 1.79. The average Bonchev–Trinajstić information content (AvgIpc) is 2.32. The van der Waals surface area contributed by atoms with Crippen molar-refractivity contribution >= 4 is 11.6 Å². The van der Waals surface area contributed by atoms with Gasteiger partial charge in [-0.1, -0.05) is 13.3 Å². The molecule has 0 radical (unpaired) electrons. The molecule has 0 aromatic heterocycles. The zero-order chi connectivity index (χ0) is 14.4. The summed E-state index contributed by atoms with van der Waals surface area (Å²) in [5.74, 6) is 0.672. The maximum Gasteiger partial charge on any atom is 0.241 e. The number of nitrogens with one attached hydrogen (secondary N) is 1. The molecular weight excluding hydrogens is 240 g/mol. The van der Waals surface area contributed by atoms with Gasteiger partial charge in [-0.05, 0) is 51.0 Å².